The van der Waals surface area contributed by atoms with Crippen LogP contribution in [0.1, 0.15) is 32.8 Å². The Morgan fingerprint density at radius 1 is 1.07 bits per heavy atom. The molecule has 8 nitrogen and oxygen atoms in total. The maximum atomic E-state index is 13.1. The molecule has 2 atom stereocenters. The first-order valence-electron chi connectivity index (χ1n) is 10.00. The number of carbonyl (C=O) groups excluding carboxylic acids is 4. The molecule has 2 unspecified atom stereocenters. The molecular weight excluding hydrogens is 384 g/mol. The largest absolute Gasteiger partial charge is 0.343 e. The summed E-state index contributed by atoms with van der Waals surface area (Å²) in [6, 6.07) is 7.50. The van der Waals surface area contributed by atoms with Gasteiger partial charge in [-0.2, -0.15) is 0 Å². The van der Waals surface area contributed by atoms with Gasteiger partial charge in [0, 0.05) is 14.1 Å². The maximum Gasteiger partial charge on any atom is 0.268 e. The van der Waals surface area contributed by atoms with Crippen molar-refractivity contribution in [3.63, 3.8) is 0 Å². The summed E-state index contributed by atoms with van der Waals surface area (Å²) in [5.74, 6) is -1.60. The topological polar surface area (TPSA) is 98.8 Å². The highest BCUT2D eigenvalue weighted by atomic mass is 16.2. The zero-order valence-electron chi connectivity index (χ0n) is 18.1. The van der Waals surface area contributed by atoms with Gasteiger partial charge in [0.15, 0.2) is 0 Å². The van der Waals surface area contributed by atoms with Crippen LogP contribution in [0.4, 0.5) is 0 Å². The third-order valence-electron chi connectivity index (χ3n) is 5.06. The Bertz CT molecular complexity index is 835. The van der Waals surface area contributed by atoms with E-state index in [-0.39, 0.29) is 24.1 Å². The summed E-state index contributed by atoms with van der Waals surface area (Å²) in [5.41, 5.74) is 0.818. The highest BCUT2D eigenvalue weighted by Gasteiger charge is 2.33. The second-order valence-electron chi connectivity index (χ2n) is 7.89. The van der Waals surface area contributed by atoms with Crippen molar-refractivity contribution in [2.75, 3.05) is 20.6 Å². The summed E-state index contributed by atoms with van der Waals surface area (Å²) < 4.78 is 0. The molecule has 8 heteroatoms. The van der Waals surface area contributed by atoms with Gasteiger partial charge in [-0.1, -0.05) is 44.2 Å². The Hall–Kier alpha value is -3.16. The van der Waals surface area contributed by atoms with Crippen LogP contribution in [0, 0.1) is 5.92 Å². The van der Waals surface area contributed by atoms with E-state index in [0.717, 1.165) is 5.56 Å². The molecule has 4 amide bonds. The zero-order valence-corrected chi connectivity index (χ0v) is 18.1. The van der Waals surface area contributed by atoms with Crippen LogP contribution in [0.2, 0.25) is 0 Å². The molecule has 1 fully saturated rings. The van der Waals surface area contributed by atoms with Gasteiger partial charge in [0.05, 0.1) is 6.54 Å². The fourth-order valence-electron chi connectivity index (χ4n) is 3.21. The van der Waals surface area contributed by atoms with E-state index in [9.17, 15) is 19.2 Å². The van der Waals surface area contributed by atoms with Crippen LogP contribution in [-0.4, -0.2) is 66.2 Å². The van der Waals surface area contributed by atoms with Gasteiger partial charge in [0.1, 0.15) is 17.8 Å². The summed E-state index contributed by atoms with van der Waals surface area (Å²) >= 11 is 0. The van der Waals surface area contributed by atoms with Gasteiger partial charge < -0.3 is 20.4 Å². The van der Waals surface area contributed by atoms with E-state index in [1.807, 2.05) is 32.0 Å². The molecule has 0 aliphatic carbocycles. The van der Waals surface area contributed by atoms with Crippen LogP contribution in [0.3, 0.4) is 0 Å². The number of nitrogens with one attached hydrogen (secondary N) is 2. The monoisotopic (exact) mass is 414 g/mol. The van der Waals surface area contributed by atoms with Crippen molar-refractivity contribution >= 4 is 29.7 Å². The van der Waals surface area contributed by atoms with Gasteiger partial charge >= 0.3 is 0 Å². The fourth-order valence-corrected chi connectivity index (χ4v) is 3.21. The van der Waals surface area contributed by atoms with E-state index in [2.05, 4.69) is 10.6 Å². The van der Waals surface area contributed by atoms with Crippen molar-refractivity contribution < 1.29 is 19.2 Å². The highest BCUT2D eigenvalue weighted by molar-refractivity contribution is 6.04. The highest BCUT2D eigenvalue weighted by Crippen LogP contribution is 2.15. The SMILES string of the molecule is CC(C)CC1NC(=O)CNC(=O)/C(=C\c2ccccc2)N(C)C(=O)C(C)N(C)C1=O. The molecule has 2 N–H and O–H groups in total. The standard InChI is InChI=1S/C22H30N4O4/c1-14(2)11-17-22(30)25(4)15(3)21(29)26(5)18(12-16-9-7-6-8-10-16)20(28)23-13-19(27)24-17/h6-10,12,14-15,17H,11,13H2,1-5H3,(H,23,28)(H,24,27)/b18-12+. The van der Waals surface area contributed by atoms with Crippen LogP contribution in [0.5, 0.6) is 0 Å². The molecule has 0 saturated carbocycles. The second-order valence-corrected chi connectivity index (χ2v) is 7.89. The minimum atomic E-state index is -0.819. The molecule has 1 aromatic carbocycles. The van der Waals surface area contributed by atoms with Crippen molar-refractivity contribution in [2.45, 2.75) is 39.3 Å². The second kappa shape index (κ2) is 10.0. The summed E-state index contributed by atoms with van der Waals surface area (Å²) in [6.45, 7) is 5.20. The molecule has 1 saturated heterocycles. The van der Waals surface area contributed by atoms with Gasteiger partial charge in [0.2, 0.25) is 17.7 Å². The van der Waals surface area contributed by atoms with E-state index in [1.54, 1.807) is 25.1 Å². The Balaban J connectivity index is 2.43. The van der Waals surface area contributed by atoms with Crippen LogP contribution in [-0.2, 0) is 19.2 Å². The first-order chi connectivity index (χ1) is 14.1. The van der Waals surface area contributed by atoms with E-state index < -0.39 is 29.8 Å². The van der Waals surface area contributed by atoms with Crippen LogP contribution >= 0.6 is 0 Å². The number of amides is 4. The molecule has 1 heterocycles. The molecule has 1 aliphatic heterocycles. The molecule has 0 aromatic heterocycles. The first kappa shape index (κ1) is 23.1. The van der Waals surface area contributed by atoms with E-state index in [1.165, 1.54) is 23.9 Å². The Morgan fingerprint density at radius 2 is 1.70 bits per heavy atom. The number of benzene rings is 1. The minimum absolute atomic E-state index is 0.0889. The minimum Gasteiger partial charge on any atom is -0.343 e. The Morgan fingerprint density at radius 3 is 2.30 bits per heavy atom. The molecule has 0 bridgehead atoms. The number of carbonyl (C=O) groups is 4. The average Bonchev–Trinajstić information content (AvgIpc) is 2.72. The van der Waals surface area contributed by atoms with Crippen molar-refractivity contribution in [1.82, 2.24) is 20.4 Å². The maximum absolute atomic E-state index is 13.1. The van der Waals surface area contributed by atoms with Crippen molar-refractivity contribution in [2.24, 2.45) is 5.92 Å². The molecule has 162 valence electrons. The summed E-state index contributed by atoms with van der Waals surface area (Å²) in [5, 5.41) is 5.24. The lowest BCUT2D eigenvalue weighted by Crippen LogP contribution is -2.56. The van der Waals surface area contributed by atoms with E-state index in [0.29, 0.717) is 6.42 Å². The van der Waals surface area contributed by atoms with E-state index >= 15 is 0 Å². The lowest BCUT2D eigenvalue weighted by atomic mass is 10.0. The van der Waals surface area contributed by atoms with Gasteiger partial charge in [-0.15, -0.1) is 0 Å². The van der Waals surface area contributed by atoms with Crippen LogP contribution in [0.15, 0.2) is 36.0 Å². The fraction of sp³-hybridized carbons (Fsp3) is 0.455. The van der Waals surface area contributed by atoms with Crippen molar-refractivity contribution in [1.29, 1.82) is 0 Å². The molecule has 30 heavy (non-hydrogen) atoms. The lowest BCUT2D eigenvalue weighted by molar-refractivity contribution is -0.145. The van der Waals surface area contributed by atoms with Crippen molar-refractivity contribution in [3.8, 4) is 0 Å². The molecule has 1 aromatic rings. The summed E-state index contributed by atoms with van der Waals surface area (Å²) in [6.07, 6.45) is 2.01. The Kier molecular flexibility index (Phi) is 7.74. The van der Waals surface area contributed by atoms with Gasteiger partial charge in [-0.05, 0) is 30.9 Å². The summed E-state index contributed by atoms with van der Waals surface area (Å²) in [4.78, 5) is 53.8. The lowest BCUT2D eigenvalue weighted by Gasteiger charge is -2.33. The molecule has 2 rings (SSSR count). The predicted octanol–water partition coefficient (Wildman–Crippen LogP) is 0.993. The molecule has 1 aliphatic rings. The van der Waals surface area contributed by atoms with Crippen LogP contribution in [0.25, 0.3) is 6.08 Å². The Labute approximate surface area is 177 Å². The van der Waals surface area contributed by atoms with Crippen molar-refractivity contribution in [3.05, 3.63) is 41.6 Å². The molecular formula is C22H30N4O4. The smallest absolute Gasteiger partial charge is 0.268 e. The first-order valence-corrected chi connectivity index (χ1v) is 10.00. The number of likely N-dealkylation sites (N-methyl/N-ethyl adjacent to an activating group) is 2. The average molecular weight is 415 g/mol. The number of hydrogen-bond donors (Lipinski definition) is 2. The van der Waals surface area contributed by atoms with E-state index in [4.69, 9.17) is 0 Å². The number of hydrogen-bond acceptors (Lipinski definition) is 4. The third kappa shape index (κ3) is 5.68. The van der Waals surface area contributed by atoms with Gasteiger partial charge in [-0.3, -0.25) is 19.2 Å². The van der Waals surface area contributed by atoms with Gasteiger partial charge in [0.25, 0.3) is 5.91 Å². The van der Waals surface area contributed by atoms with Crippen LogP contribution < -0.4 is 10.6 Å². The zero-order chi connectivity index (χ0) is 22.4. The predicted molar refractivity (Wildman–Crippen MR) is 114 cm³/mol. The normalized spacial score (nSPS) is 23.2. The third-order valence-corrected chi connectivity index (χ3v) is 5.06. The number of nitrogens with zero attached hydrogens (tertiary/aromatic N) is 2. The molecule has 0 radical (unpaired) electrons. The molecule has 0 spiro atoms. The quantitative estimate of drug-likeness (QED) is 0.721. The summed E-state index contributed by atoms with van der Waals surface area (Å²) in [7, 11) is 3.02. The number of rotatable bonds is 3. The van der Waals surface area contributed by atoms with Gasteiger partial charge in [-0.25, -0.2) is 0 Å².